The molecule has 146 valence electrons. The van der Waals surface area contributed by atoms with E-state index in [1.54, 1.807) is 6.26 Å². The van der Waals surface area contributed by atoms with Crippen LogP contribution in [0.5, 0.6) is 0 Å². The molecular weight excluding hydrogens is 377 g/mol. The number of ketones is 1. The molecule has 0 amide bonds. The number of aromatic nitrogens is 3. The molecule has 0 spiro atoms. The molecule has 2 aromatic heterocycles. The topological polar surface area (TPSA) is 60.9 Å². The minimum atomic E-state index is -0.360. The van der Waals surface area contributed by atoms with Crippen molar-refractivity contribution in [3.8, 4) is 11.6 Å². The molecule has 3 aromatic rings. The van der Waals surface area contributed by atoms with E-state index >= 15 is 0 Å². The van der Waals surface area contributed by atoms with Gasteiger partial charge in [0.25, 0.3) is 0 Å². The summed E-state index contributed by atoms with van der Waals surface area (Å²) in [5.41, 5.74) is 0.497. The van der Waals surface area contributed by atoms with Gasteiger partial charge in [0.1, 0.15) is 5.82 Å². The quantitative estimate of drug-likeness (QED) is 0.402. The molecule has 0 N–H and O–H groups in total. The van der Waals surface area contributed by atoms with E-state index in [-0.39, 0.29) is 16.9 Å². The Kier molecular flexibility index (Phi) is 5.62. The first-order chi connectivity index (χ1) is 13.6. The summed E-state index contributed by atoms with van der Waals surface area (Å²) in [5.74, 6) is 0.989. The predicted octanol–water partition coefficient (Wildman–Crippen LogP) is 5.55. The first-order valence-corrected chi connectivity index (χ1v) is 10.5. The highest BCUT2D eigenvalue weighted by atomic mass is 32.2. The first kappa shape index (κ1) is 18.9. The van der Waals surface area contributed by atoms with E-state index in [2.05, 4.69) is 14.8 Å². The van der Waals surface area contributed by atoms with Gasteiger partial charge < -0.3 is 4.42 Å². The highest BCUT2D eigenvalue weighted by Gasteiger charge is 2.27. The van der Waals surface area contributed by atoms with Crippen molar-refractivity contribution in [2.24, 2.45) is 0 Å². The minimum absolute atomic E-state index is 0.0530. The molecule has 0 bridgehead atoms. The molecule has 7 heteroatoms. The highest BCUT2D eigenvalue weighted by Crippen LogP contribution is 2.37. The number of furan rings is 1. The number of Topliss-reactive ketones (excluding diaryl/α,β-unsaturated/α-hetero) is 1. The number of halogens is 1. The summed E-state index contributed by atoms with van der Waals surface area (Å²) in [5, 5.41) is 9.11. The lowest BCUT2D eigenvalue weighted by Crippen LogP contribution is -2.18. The van der Waals surface area contributed by atoms with Crippen LogP contribution in [0.1, 0.15) is 55.4 Å². The van der Waals surface area contributed by atoms with Crippen molar-refractivity contribution in [3.05, 3.63) is 54.0 Å². The van der Waals surface area contributed by atoms with Crippen molar-refractivity contribution in [1.82, 2.24) is 14.8 Å². The highest BCUT2D eigenvalue weighted by molar-refractivity contribution is 8.00. The van der Waals surface area contributed by atoms with Gasteiger partial charge in [-0.25, -0.2) is 4.39 Å². The molecule has 4 rings (SSSR count). The summed E-state index contributed by atoms with van der Waals surface area (Å²) in [6.45, 7) is 1.85. The van der Waals surface area contributed by atoms with Gasteiger partial charge in [0.15, 0.2) is 16.7 Å². The number of benzene rings is 1. The average Bonchev–Trinajstić information content (AvgIpc) is 3.38. The van der Waals surface area contributed by atoms with Crippen LogP contribution in [0.2, 0.25) is 0 Å². The lowest BCUT2D eigenvalue weighted by Gasteiger charge is -2.25. The largest absolute Gasteiger partial charge is 0.461 e. The summed E-state index contributed by atoms with van der Waals surface area (Å²) in [6, 6.07) is 9.69. The third-order valence-electron chi connectivity index (χ3n) is 5.13. The van der Waals surface area contributed by atoms with Gasteiger partial charge in [-0.2, -0.15) is 0 Å². The minimum Gasteiger partial charge on any atom is -0.461 e. The molecular formula is C21H22FN3O2S. The van der Waals surface area contributed by atoms with E-state index in [0.29, 0.717) is 23.2 Å². The smallest absolute Gasteiger partial charge is 0.200 e. The second kappa shape index (κ2) is 8.31. The molecule has 5 nitrogen and oxygen atoms in total. The maximum absolute atomic E-state index is 13.1. The van der Waals surface area contributed by atoms with Gasteiger partial charge in [0.2, 0.25) is 5.82 Å². The van der Waals surface area contributed by atoms with Crippen molar-refractivity contribution < 1.29 is 13.6 Å². The van der Waals surface area contributed by atoms with Gasteiger partial charge in [-0.3, -0.25) is 9.36 Å². The Morgan fingerprint density at radius 3 is 2.61 bits per heavy atom. The van der Waals surface area contributed by atoms with Gasteiger partial charge in [0, 0.05) is 11.6 Å². The average molecular weight is 399 g/mol. The van der Waals surface area contributed by atoms with Crippen LogP contribution in [-0.4, -0.2) is 25.8 Å². The summed E-state index contributed by atoms with van der Waals surface area (Å²) < 4.78 is 20.8. The van der Waals surface area contributed by atoms with Gasteiger partial charge in [-0.1, -0.05) is 31.0 Å². The fraction of sp³-hybridized carbons (Fsp3) is 0.381. The number of carbonyl (C=O) groups excluding carboxylic acids is 1. The first-order valence-electron chi connectivity index (χ1n) is 9.58. The zero-order valence-electron chi connectivity index (χ0n) is 15.7. The number of hydrogen-bond donors (Lipinski definition) is 0. The van der Waals surface area contributed by atoms with Crippen molar-refractivity contribution in [2.45, 2.75) is 55.5 Å². The molecule has 1 fully saturated rings. The molecule has 0 aliphatic heterocycles. The Morgan fingerprint density at radius 1 is 1.18 bits per heavy atom. The van der Waals surface area contributed by atoms with Gasteiger partial charge in [0.05, 0.1) is 11.5 Å². The Balaban J connectivity index is 1.61. The molecule has 2 heterocycles. The number of nitrogens with zero attached hydrogens (tertiary/aromatic N) is 3. The lowest BCUT2D eigenvalue weighted by molar-refractivity contribution is 0.0993. The van der Waals surface area contributed by atoms with Crippen LogP contribution in [0.3, 0.4) is 0 Å². The Bertz CT molecular complexity index is 931. The fourth-order valence-electron chi connectivity index (χ4n) is 3.66. The molecule has 1 aromatic carbocycles. The van der Waals surface area contributed by atoms with E-state index < -0.39 is 0 Å². The Morgan fingerprint density at radius 2 is 1.93 bits per heavy atom. The summed E-state index contributed by atoms with van der Waals surface area (Å²) >= 11 is 1.39. The maximum atomic E-state index is 13.1. The monoisotopic (exact) mass is 399 g/mol. The second-order valence-corrected chi connectivity index (χ2v) is 8.38. The van der Waals surface area contributed by atoms with Crippen LogP contribution in [0.15, 0.2) is 52.2 Å². The molecule has 1 aliphatic rings. The number of carbonyl (C=O) groups is 1. The molecule has 28 heavy (non-hydrogen) atoms. The van der Waals surface area contributed by atoms with E-state index in [0.717, 1.165) is 18.0 Å². The van der Waals surface area contributed by atoms with E-state index in [1.165, 1.54) is 55.3 Å². The molecule has 0 saturated heterocycles. The van der Waals surface area contributed by atoms with E-state index in [4.69, 9.17) is 4.42 Å². The van der Waals surface area contributed by atoms with Crippen molar-refractivity contribution >= 4 is 17.5 Å². The van der Waals surface area contributed by atoms with Gasteiger partial charge in [-0.15, -0.1) is 10.2 Å². The van der Waals surface area contributed by atoms with Crippen LogP contribution >= 0.6 is 11.8 Å². The van der Waals surface area contributed by atoms with Crippen LogP contribution in [0.25, 0.3) is 11.6 Å². The zero-order chi connectivity index (χ0) is 19.5. The van der Waals surface area contributed by atoms with Crippen molar-refractivity contribution in [2.75, 3.05) is 0 Å². The summed E-state index contributed by atoms with van der Waals surface area (Å²) in [7, 11) is 0. The molecule has 1 aliphatic carbocycles. The van der Waals surface area contributed by atoms with Gasteiger partial charge >= 0.3 is 0 Å². The predicted molar refractivity (Wildman–Crippen MR) is 106 cm³/mol. The van der Waals surface area contributed by atoms with Crippen LogP contribution in [-0.2, 0) is 0 Å². The molecule has 0 unspecified atom stereocenters. The summed E-state index contributed by atoms with van der Waals surface area (Å²) in [6.07, 6.45) is 7.36. The maximum Gasteiger partial charge on any atom is 0.200 e. The van der Waals surface area contributed by atoms with E-state index in [9.17, 15) is 9.18 Å². The Hall–Kier alpha value is -2.41. The zero-order valence-corrected chi connectivity index (χ0v) is 16.5. The van der Waals surface area contributed by atoms with Crippen LogP contribution in [0, 0.1) is 5.82 Å². The number of thioether (sulfide) groups is 1. The molecule has 0 radical (unpaired) electrons. The summed E-state index contributed by atoms with van der Waals surface area (Å²) in [4.78, 5) is 12.8. The number of rotatable bonds is 6. The number of hydrogen-bond acceptors (Lipinski definition) is 5. The third kappa shape index (κ3) is 3.90. The van der Waals surface area contributed by atoms with Crippen molar-refractivity contribution in [1.29, 1.82) is 0 Å². The van der Waals surface area contributed by atoms with E-state index in [1.807, 2.05) is 19.1 Å². The Labute approximate surface area is 167 Å². The lowest BCUT2D eigenvalue weighted by atomic mass is 9.95. The fourth-order valence-corrected chi connectivity index (χ4v) is 4.66. The van der Waals surface area contributed by atoms with Gasteiger partial charge in [-0.05, 0) is 56.2 Å². The van der Waals surface area contributed by atoms with Crippen LogP contribution in [0.4, 0.5) is 4.39 Å². The molecule has 1 atom stereocenters. The van der Waals surface area contributed by atoms with Crippen molar-refractivity contribution in [3.63, 3.8) is 0 Å². The second-order valence-electron chi connectivity index (χ2n) is 7.08. The van der Waals surface area contributed by atoms with Crippen LogP contribution < -0.4 is 0 Å². The SMILES string of the molecule is C[C@H](Sc1nnc(-c2ccco2)n1C1CCCCC1)C(=O)c1ccc(F)cc1. The normalized spacial score (nSPS) is 16.2. The standard InChI is InChI=1S/C21H22FN3O2S/c1-14(19(26)15-9-11-16(22)12-10-15)28-21-24-23-20(18-8-5-13-27-18)25(21)17-6-3-2-4-7-17/h5,8-14,17H,2-4,6-7H2,1H3/t14-/m0/s1. The third-order valence-corrected chi connectivity index (χ3v) is 6.18. The molecule has 1 saturated carbocycles.